The van der Waals surface area contributed by atoms with Crippen LogP contribution in [-0.2, 0) is 9.47 Å². The lowest BCUT2D eigenvalue weighted by atomic mass is 9.93. The van der Waals surface area contributed by atoms with E-state index in [1.54, 1.807) is 0 Å². The fourth-order valence-electron chi connectivity index (χ4n) is 2.21. The number of hydrogen-bond acceptors (Lipinski definition) is 2. The van der Waals surface area contributed by atoms with Crippen LogP contribution in [0, 0.1) is 5.41 Å². The van der Waals surface area contributed by atoms with Gasteiger partial charge in [-0.3, -0.25) is 0 Å². The SMILES string of the molecule is FC(F)(F)C(OCC(CBr)(CBr)COC(C(F)(F)F)(C(F)(F)F)C(F)(F)F)(C(F)(F)F)C(F)(F)F. The molecule has 0 amide bonds. The minimum Gasteiger partial charge on any atom is -0.350 e. The lowest BCUT2D eigenvalue weighted by Crippen LogP contribution is -2.69. The van der Waals surface area contributed by atoms with E-state index in [0.717, 1.165) is 0 Å². The van der Waals surface area contributed by atoms with Gasteiger partial charge in [-0.1, -0.05) is 31.9 Å². The highest BCUT2D eigenvalue weighted by molar-refractivity contribution is 9.09. The summed E-state index contributed by atoms with van der Waals surface area (Å²) in [6.45, 7) is -5.29. The maximum Gasteiger partial charge on any atom is 0.435 e. The van der Waals surface area contributed by atoms with Gasteiger partial charge in [0.25, 0.3) is 0 Å². The number of rotatable bonds is 8. The maximum atomic E-state index is 12.9. The molecule has 0 aliphatic carbocycles. The van der Waals surface area contributed by atoms with E-state index >= 15 is 0 Å². The highest BCUT2D eigenvalue weighted by Crippen LogP contribution is 2.57. The molecule has 2 nitrogen and oxygen atoms in total. The van der Waals surface area contributed by atoms with Crippen molar-refractivity contribution in [2.45, 2.75) is 48.3 Å². The molecule has 0 spiro atoms. The predicted octanol–water partition coefficient (Wildman–Crippen LogP) is 7.65. The molecule has 0 aliphatic rings. The zero-order valence-corrected chi connectivity index (χ0v) is 18.9. The molecule has 0 saturated carbocycles. The highest BCUT2D eigenvalue weighted by atomic mass is 79.9. The fourth-order valence-corrected chi connectivity index (χ4v) is 3.79. The van der Waals surface area contributed by atoms with Crippen molar-refractivity contribution in [3.8, 4) is 0 Å². The van der Waals surface area contributed by atoms with Crippen molar-refractivity contribution in [2.75, 3.05) is 23.9 Å². The minimum atomic E-state index is -7.34. The van der Waals surface area contributed by atoms with Crippen LogP contribution in [0.1, 0.15) is 0 Å². The minimum absolute atomic E-state index is 1.40. The van der Waals surface area contributed by atoms with Gasteiger partial charge in [0.05, 0.1) is 13.2 Å². The van der Waals surface area contributed by atoms with E-state index in [4.69, 9.17) is 0 Å². The van der Waals surface area contributed by atoms with E-state index in [1.807, 2.05) is 0 Å². The van der Waals surface area contributed by atoms with Gasteiger partial charge < -0.3 is 9.47 Å². The van der Waals surface area contributed by atoms with Gasteiger partial charge in [0.15, 0.2) is 0 Å². The third-order valence-corrected chi connectivity index (χ3v) is 6.53. The molecule has 35 heavy (non-hydrogen) atoms. The van der Waals surface area contributed by atoms with E-state index in [0.29, 0.717) is 0 Å². The summed E-state index contributed by atoms with van der Waals surface area (Å²) < 4.78 is 239. The summed E-state index contributed by atoms with van der Waals surface area (Å²) in [5.74, 6) is 0. The Kier molecular flexibility index (Phi) is 9.95. The summed E-state index contributed by atoms with van der Waals surface area (Å²) in [4.78, 5) is 0. The van der Waals surface area contributed by atoms with Gasteiger partial charge in [-0.25, -0.2) is 0 Å². The van der Waals surface area contributed by atoms with E-state index < -0.39 is 77.5 Å². The zero-order chi connectivity index (χ0) is 28.7. The average molecular weight is 698 g/mol. The van der Waals surface area contributed by atoms with Crippen molar-refractivity contribution in [1.29, 1.82) is 0 Å². The molecule has 0 rings (SSSR count). The van der Waals surface area contributed by atoms with Crippen LogP contribution < -0.4 is 0 Å². The van der Waals surface area contributed by atoms with Gasteiger partial charge in [0.2, 0.25) is 0 Å². The first-order valence-corrected chi connectivity index (χ1v) is 10.1. The van der Waals surface area contributed by atoms with Gasteiger partial charge in [-0.05, 0) is 0 Å². The Labute approximate surface area is 198 Å². The van der Waals surface area contributed by atoms with Crippen LogP contribution in [0.4, 0.5) is 79.0 Å². The number of halogens is 20. The molecule has 0 aromatic heterocycles. The van der Waals surface area contributed by atoms with Crippen molar-refractivity contribution in [1.82, 2.24) is 0 Å². The maximum absolute atomic E-state index is 12.9. The van der Waals surface area contributed by atoms with E-state index in [2.05, 4.69) is 41.3 Å². The summed E-state index contributed by atoms with van der Waals surface area (Å²) >= 11 is 4.39. The second-order valence-corrected chi connectivity index (χ2v) is 7.82. The largest absolute Gasteiger partial charge is 0.435 e. The number of hydrogen-bond donors (Lipinski definition) is 0. The molecule has 0 atom stereocenters. The lowest BCUT2D eigenvalue weighted by molar-refractivity contribution is -0.465. The third kappa shape index (κ3) is 6.20. The molecule has 0 fully saturated rings. The van der Waals surface area contributed by atoms with Crippen molar-refractivity contribution < 1.29 is 88.5 Å². The Morgan fingerprint density at radius 1 is 0.371 bits per heavy atom. The van der Waals surface area contributed by atoms with Gasteiger partial charge in [0.1, 0.15) is 0 Å². The molecule has 0 aromatic rings. The van der Waals surface area contributed by atoms with Gasteiger partial charge in [0, 0.05) is 16.1 Å². The van der Waals surface area contributed by atoms with Crippen LogP contribution >= 0.6 is 31.9 Å². The molecular formula is C13H8Br2F18O2. The molecule has 0 heterocycles. The van der Waals surface area contributed by atoms with Gasteiger partial charge in [-0.2, -0.15) is 79.0 Å². The van der Waals surface area contributed by atoms with Crippen molar-refractivity contribution >= 4 is 31.9 Å². The molecular weight excluding hydrogens is 690 g/mol. The average Bonchev–Trinajstić information content (AvgIpc) is 2.53. The van der Waals surface area contributed by atoms with Crippen LogP contribution in [-0.4, -0.2) is 72.1 Å². The highest BCUT2D eigenvalue weighted by Gasteiger charge is 2.87. The molecule has 0 saturated heterocycles. The first kappa shape index (κ1) is 34.6. The molecule has 0 unspecified atom stereocenters. The zero-order valence-electron chi connectivity index (χ0n) is 15.7. The summed E-state index contributed by atoms with van der Waals surface area (Å²) in [6.07, 6.45) is -44.1. The summed E-state index contributed by atoms with van der Waals surface area (Å²) in [5.41, 5.74) is -17.2. The molecule has 22 heteroatoms. The van der Waals surface area contributed by atoms with Crippen LogP contribution in [0.5, 0.6) is 0 Å². The fraction of sp³-hybridized carbons (Fsp3) is 1.00. The summed E-state index contributed by atoms with van der Waals surface area (Å²) in [5, 5.41) is -2.81. The lowest BCUT2D eigenvalue weighted by Gasteiger charge is -2.43. The standard InChI is InChI=1S/C13H8Br2F18O2/c14-1-5(2-15,3-34-6(8(16,17)18,9(19,20)21)10(22,23)24)4-35-7(11(25,26)27,12(28,29)30)13(31,32)33/h1-4H2. The van der Waals surface area contributed by atoms with Crippen molar-refractivity contribution in [2.24, 2.45) is 5.41 Å². The third-order valence-electron chi connectivity index (χ3n) is 4.15. The van der Waals surface area contributed by atoms with Crippen molar-refractivity contribution in [3.63, 3.8) is 0 Å². The van der Waals surface area contributed by atoms with Crippen LogP contribution in [0.2, 0.25) is 0 Å². The summed E-state index contributed by atoms with van der Waals surface area (Å²) in [6, 6.07) is 0. The summed E-state index contributed by atoms with van der Waals surface area (Å²) in [7, 11) is 0. The molecule has 0 aromatic carbocycles. The monoisotopic (exact) mass is 696 g/mol. The molecule has 0 aliphatic heterocycles. The number of ether oxygens (including phenoxy) is 2. The van der Waals surface area contributed by atoms with Crippen LogP contribution in [0.15, 0.2) is 0 Å². The number of alkyl halides is 20. The van der Waals surface area contributed by atoms with E-state index in [1.165, 1.54) is 0 Å². The molecule has 0 radical (unpaired) electrons. The van der Waals surface area contributed by atoms with Crippen LogP contribution in [0.3, 0.4) is 0 Å². The normalized spacial score (nSPS) is 16.1. The molecule has 0 bridgehead atoms. The quantitative estimate of drug-likeness (QED) is 0.192. The Morgan fingerprint density at radius 3 is 0.657 bits per heavy atom. The second kappa shape index (κ2) is 10.1. The van der Waals surface area contributed by atoms with Gasteiger partial charge >= 0.3 is 48.3 Å². The van der Waals surface area contributed by atoms with E-state index in [-0.39, 0.29) is 0 Å². The topological polar surface area (TPSA) is 18.5 Å². The van der Waals surface area contributed by atoms with Crippen molar-refractivity contribution in [3.05, 3.63) is 0 Å². The Morgan fingerprint density at radius 2 is 0.543 bits per heavy atom. The van der Waals surface area contributed by atoms with Gasteiger partial charge in [-0.15, -0.1) is 0 Å². The first-order valence-electron chi connectivity index (χ1n) is 7.84. The Hall–Kier alpha value is -0.380. The molecule has 212 valence electrons. The molecule has 0 N–H and O–H groups in total. The Balaban J connectivity index is 6.65. The smallest absolute Gasteiger partial charge is 0.350 e. The van der Waals surface area contributed by atoms with Crippen LogP contribution in [0.25, 0.3) is 0 Å². The Bertz CT molecular complexity index is 566. The first-order chi connectivity index (χ1) is 15.0. The second-order valence-electron chi connectivity index (χ2n) is 6.69. The predicted molar refractivity (Wildman–Crippen MR) is 83.7 cm³/mol. The van der Waals surface area contributed by atoms with E-state index in [9.17, 15) is 79.0 Å².